The molecule has 2 N–H and O–H groups in total. The van der Waals surface area contributed by atoms with E-state index in [1.807, 2.05) is 0 Å². The summed E-state index contributed by atoms with van der Waals surface area (Å²) in [6, 6.07) is 4.92. The molecule has 5 nitrogen and oxygen atoms in total. The summed E-state index contributed by atoms with van der Waals surface area (Å²) in [4.78, 5) is 27.4. The molecule has 1 heterocycles. The summed E-state index contributed by atoms with van der Waals surface area (Å²) in [7, 11) is 0. The van der Waals surface area contributed by atoms with Crippen molar-refractivity contribution in [2.24, 2.45) is 0 Å². The van der Waals surface area contributed by atoms with Crippen molar-refractivity contribution in [3.63, 3.8) is 0 Å². The van der Waals surface area contributed by atoms with E-state index < -0.39 is 5.69 Å². The molecule has 0 unspecified atom stereocenters. The van der Waals surface area contributed by atoms with Gasteiger partial charge in [0.1, 0.15) is 0 Å². The van der Waals surface area contributed by atoms with Gasteiger partial charge in [0.15, 0.2) is 6.29 Å². The first-order chi connectivity index (χ1) is 11.3. The maximum atomic E-state index is 12.4. The van der Waals surface area contributed by atoms with E-state index in [9.17, 15) is 9.59 Å². The van der Waals surface area contributed by atoms with E-state index in [4.69, 9.17) is 28.9 Å². The minimum absolute atomic E-state index is 0.0573. The lowest BCUT2D eigenvalue weighted by molar-refractivity contribution is 0.112. The van der Waals surface area contributed by atoms with Gasteiger partial charge in [-0.2, -0.15) is 0 Å². The highest BCUT2D eigenvalue weighted by molar-refractivity contribution is 9.10. The molecule has 1 aromatic heterocycles. The monoisotopic (exact) mass is 489 g/mol. The Morgan fingerprint density at radius 3 is 2.58 bits per heavy atom. The summed E-state index contributed by atoms with van der Waals surface area (Å²) >= 11 is 19.3. The number of hydrogen-bond acceptors (Lipinski definition) is 4. The summed E-state index contributed by atoms with van der Waals surface area (Å²) < 4.78 is 2.42. The number of halogens is 4. The molecule has 0 saturated heterocycles. The van der Waals surface area contributed by atoms with Crippen LogP contribution in [0.25, 0.3) is 16.6 Å². The number of nitrogen functional groups attached to an aromatic ring is 1. The summed E-state index contributed by atoms with van der Waals surface area (Å²) in [5.74, 6) is 0. The van der Waals surface area contributed by atoms with Crippen LogP contribution in [0.2, 0.25) is 10.0 Å². The molecule has 0 aliphatic heterocycles. The van der Waals surface area contributed by atoms with Gasteiger partial charge in [0, 0.05) is 26.1 Å². The molecule has 3 rings (SSSR count). The molecule has 0 atom stereocenters. The predicted molar refractivity (Wildman–Crippen MR) is 103 cm³/mol. The number of aromatic nitrogens is 2. The molecular weight excluding hydrogens is 485 g/mol. The summed E-state index contributed by atoms with van der Waals surface area (Å²) in [6.45, 7) is 0. The zero-order chi connectivity index (χ0) is 17.6. The van der Waals surface area contributed by atoms with E-state index >= 15 is 0 Å². The van der Waals surface area contributed by atoms with Gasteiger partial charge in [-0.05, 0) is 34.1 Å². The Bertz CT molecular complexity index is 1070. The third kappa shape index (κ3) is 2.75. The average Bonchev–Trinajstić information content (AvgIpc) is 2.52. The van der Waals surface area contributed by atoms with Gasteiger partial charge >= 0.3 is 5.69 Å². The van der Waals surface area contributed by atoms with Gasteiger partial charge in [-0.3, -0.25) is 9.36 Å². The summed E-state index contributed by atoms with van der Waals surface area (Å²) in [6.07, 6.45) is 2.01. The van der Waals surface area contributed by atoms with Crippen LogP contribution < -0.4 is 11.4 Å². The molecular formula is C15H7Br2Cl2N3O2. The van der Waals surface area contributed by atoms with Crippen LogP contribution in [0.15, 0.2) is 38.1 Å². The van der Waals surface area contributed by atoms with E-state index in [1.54, 1.807) is 12.1 Å². The third-order valence-corrected chi connectivity index (χ3v) is 5.13. The first-order valence-electron chi connectivity index (χ1n) is 6.45. The van der Waals surface area contributed by atoms with Crippen molar-refractivity contribution in [2.75, 3.05) is 5.73 Å². The minimum atomic E-state index is -0.576. The molecule has 0 radical (unpaired) electrons. The van der Waals surface area contributed by atoms with Crippen LogP contribution in [0.5, 0.6) is 0 Å². The number of nitrogens with zero attached hydrogens (tertiary/aromatic N) is 2. The number of nitrogens with two attached hydrogens (primary N) is 1. The Balaban J connectivity index is 2.52. The van der Waals surface area contributed by atoms with Gasteiger partial charge in [0.25, 0.3) is 0 Å². The van der Waals surface area contributed by atoms with Crippen molar-refractivity contribution >= 4 is 77.9 Å². The molecule has 9 heteroatoms. The van der Waals surface area contributed by atoms with Gasteiger partial charge in [-0.25, -0.2) is 9.78 Å². The quantitative estimate of drug-likeness (QED) is 0.419. The summed E-state index contributed by atoms with van der Waals surface area (Å²) in [5, 5.41) is 1.02. The van der Waals surface area contributed by atoms with E-state index in [0.717, 1.165) is 4.47 Å². The predicted octanol–water partition coefficient (Wildman–Crippen LogP) is 4.61. The molecule has 24 heavy (non-hydrogen) atoms. The second-order valence-electron chi connectivity index (χ2n) is 4.84. The van der Waals surface area contributed by atoms with Gasteiger partial charge in [-0.15, -0.1) is 0 Å². The fourth-order valence-electron chi connectivity index (χ4n) is 2.35. The first kappa shape index (κ1) is 17.4. The second-order valence-corrected chi connectivity index (χ2v) is 7.40. The summed E-state index contributed by atoms with van der Waals surface area (Å²) in [5.41, 5.74) is 6.31. The zero-order valence-electron chi connectivity index (χ0n) is 11.7. The Morgan fingerprint density at radius 2 is 1.92 bits per heavy atom. The normalized spacial score (nSPS) is 11.0. The van der Waals surface area contributed by atoms with E-state index in [2.05, 4.69) is 36.8 Å². The Morgan fingerprint density at radius 1 is 1.21 bits per heavy atom. The molecule has 122 valence electrons. The van der Waals surface area contributed by atoms with Crippen molar-refractivity contribution < 1.29 is 4.79 Å². The Kier molecular flexibility index (Phi) is 4.70. The largest absolute Gasteiger partial charge is 0.397 e. The minimum Gasteiger partial charge on any atom is -0.397 e. The highest BCUT2D eigenvalue weighted by Crippen LogP contribution is 2.37. The number of carbonyl (C=O) groups is 1. The van der Waals surface area contributed by atoms with Crippen molar-refractivity contribution in [2.45, 2.75) is 0 Å². The second kappa shape index (κ2) is 6.48. The number of aldehydes is 1. The molecule has 0 amide bonds. The van der Waals surface area contributed by atoms with Crippen LogP contribution in [-0.4, -0.2) is 15.8 Å². The molecule has 3 aromatic rings. The number of hydrogen-bond donors (Lipinski definition) is 1. The zero-order valence-corrected chi connectivity index (χ0v) is 16.4. The van der Waals surface area contributed by atoms with E-state index in [-0.39, 0.29) is 22.0 Å². The highest BCUT2D eigenvalue weighted by atomic mass is 79.9. The van der Waals surface area contributed by atoms with Crippen LogP contribution in [0.3, 0.4) is 0 Å². The lowest BCUT2D eigenvalue weighted by Crippen LogP contribution is -2.22. The van der Waals surface area contributed by atoms with Gasteiger partial charge in [0.2, 0.25) is 0 Å². The third-order valence-electron chi connectivity index (χ3n) is 3.40. The van der Waals surface area contributed by atoms with Crippen molar-refractivity contribution in [1.82, 2.24) is 9.55 Å². The number of carbonyl (C=O) groups excluding carboxylic acids is 1. The van der Waals surface area contributed by atoms with E-state index in [0.29, 0.717) is 26.7 Å². The average molecular weight is 492 g/mol. The Hall–Kier alpha value is -1.41. The lowest BCUT2D eigenvalue weighted by Gasteiger charge is -2.16. The fourth-order valence-corrected chi connectivity index (χ4v) is 4.30. The molecule has 0 aliphatic carbocycles. The van der Waals surface area contributed by atoms with Crippen LogP contribution in [0.1, 0.15) is 10.4 Å². The smallest absolute Gasteiger partial charge is 0.352 e. The van der Waals surface area contributed by atoms with Gasteiger partial charge in [0.05, 0.1) is 26.9 Å². The van der Waals surface area contributed by atoms with Crippen LogP contribution >= 0.6 is 55.1 Å². The fraction of sp³-hybridized carbons (Fsp3) is 0. The number of anilines is 1. The van der Waals surface area contributed by atoms with Gasteiger partial charge in [-0.1, -0.05) is 39.1 Å². The van der Waals surface area contributed by atoms with Crippen LogP contribution in [0, 0.1) is 0 Å². The number of fused-ring (bicyclic) bond motifs is 1. The molecule has 2 aromatic carbocycles. The number of benzene rings is 2. The van der Waals surface area contributed by atoms with Crippen LogP contribution in [-0.2, 0) is 0 Å². The molecule has 0 saturated carbocycles. The van der Waals surface area contributed by atoms with Crippen molar-refractivity contribution in [3.05, 3.63) is 59.4 Å². The van der Waals surface area contributed by atoms with Gasteiger partial charge < -0.3 is 5.73 Å². The molecule has 0 spiro atoms. The maximum Gasteiger partial charge on any atom is 0.352 e. The topological polar surface area (TPSA) is 78.0 Å². The SMILES string of the molecule is Nc1c(C=O)cc(Br)c(-n2c(=O)ncc3cc(Br)cc(Cl)c32)c1Cl. The van der Waals surface area contributed by atoms with Crippen LogP contribution in [0.4, 0.5) is 5.69 Å². The molecule has 0 fully saturated rings. The molecule has 0 bridgehead atoms. The van der Waals surface area contributed by atoms with E-state index in [1.165, 1.54) is 16.8 Å². The van der Waals surface area contributed by atoms with Crippen molar-refractivity contribution in [3.8, 4) is 5.69 Å². The maximum absolute atomic E-state index is 12.4. The molecule has 0 aliphatic rings. The Labute approximate surface area is 162 Å². The first-order valence-corrected chi connectivity index (χ1v) is 8.79. The number of rotatable bonds is 2. The van der Waals surface area contributed by atoms with Crippen molar-refractivity contribution in [1.29, 1.82) is 0 Å². The standard InChI is InChI=1S/C15H7Br2Cl2N3O2/c16-8-1-6-4-21-15(24)22(13(6)10(18)3-8)14-9(17)2-7(5-23)12(20)11(14)19/h1-5H,20H2. The highest BCUT2D eigenvalue weighted by Gasteiger charge is 2.19. The lowest BCUT2D eigenvalue weighted by atomic mass is 10.1.